The quantitative estimate of drug-likeness (QED) is 0.775. The summed E-state index contributed by atoms with van der Waals surface area (Å²) in [5.74, 6) is 0. The summed E-state index contributed by atoms with van der Waals surface area (Å²) < 4.78 is 0. The number of fused-ring (bicyclic) bond motifs is 1. The van der Waals surface area contributed by atoms with Crippen LogP contribution in [0.5, 0.6) is 0 Å². The van der Waals surface area contributed by atoms with E-state index < -0.39 is 0 Å². The van der Waals surface area contributed by atoms with E-state index in [1.807, 2.05) is 0 Å². The van der Waals surface area contributed by atoms with E-state index in [4.69, 9.17) is 4.99 Å². The summed E-state index contributed by atoms with van der Waals surface area (Å²) in [6, 6.07) is 8.61. The molecule has 0 atom stereocenters. The molecule has 96 valence electrons. The number of nitrogens with zero attached hydrogens (tertiary/aromatic N) is 2. The number of aliphatic imine (C=N–C) groups is 1. The molecule has 0 spiro atoms. The molecular weight excluding hydrogens is 220 g/mol. The van der Waals surface area contributed by atoms with Gasteiger partial charge in [-0.2, -0.15) is 0 Å². The molecule has 2 heterocycles. The average molecular weight is 242 g/mol. The molecule has 0 N–H and O–H groups in total. The molecule has 3 rings (SSSR count). The molecule has 0 radical (unpaired) electrons. The predicted molar refractivity (Wildman–Crippen MR) is 76.7 cm³/mol. The van der Waals surface area contributed by atoms with E-state index in [0.717, 1.165) is 6.42 Å². The van der Waals surface area contributed by atoms with Crippen molar-refractivity contribution in [1.82, 2.24) is 4.90 Å². The van der Waals surface area contributed by atoms with Gasteiger partial charge in [0.2, 0.25) is 0 Å². The molecule has 1 saturated heterocycles. The van der Waals surface area contributed by atoms with Crippen molar-refractivity contribution in [2.75, 3.05) is 20.1 Å². The van der Waals surface area contributed by atoms with Gasteiger partial charge in [0, 0.05) is 17.5 Å². The lowest BCUT2D eigenvalue weighted by molar-refractivity contribution is 0.175. The fourth-order valence-corrected chi connectivity index (χ4v) is 3.33. The molecule has 0 aromatic heterocycles. The Bertz CT molecular complexity index is 468. The molecule has 0 bridgehead atoms. The zero-order chi connectivity index (χ0) is 12.6. The van der Waals surface area contributed by atoms with Gasteiger partial charge >= 0.3 is 0 Å². The minimum absolute atomic E-state index is 0.367. The third kappa shape index (κ3) is 1.89. The average Bonchev–Trinajstić information content (AvgIpc) is 2.84. The van der Waals surface area contributed by atoms with Crippen molar-refractivity contribution in [3.8, 4) is 0 Å². The molecule has 2 heteroatoms. The third-order valence-corrected chi connectivity index (χ3v) is 4.84. The van der Waals surface area contributed by atoms with Gasteiger partial charge in [0.1, 0.15) is 0 Å². The van der Waals surface area contributed by atoms with Gasteiger partial charge in [-0.25, -0.2) is 0 Å². The highest BCUT2D eigenvalue weighted by atomic mass is 15.1. The first-order valence-corrected chi connectivity index (χ1v) is 7.08. The van der Waals surface area contributed by atoms with Gasteiger partial charge < -0.3 is 4.90 Å². The predicted octanol–water partition coefficient (Wildman–Crippen LogP) is 3.44. The van der Waals surface area contributed by atoms with Crippen LogP contribution in [0.3, 0.4) is 0 Å². The van der Waals surface area contributed by atoms with Crippen molar-refractivity contribution >= 4 is 11.4 Å². The normalized spacial score (nSPS) is 22.7. The van der Waals surface area contributed by atoms with E-state index in [2.05, 4.69) is 43.1 Å². The largest absolute Gasteiger partial charge is 0.306 e. The van der Waals surface area contributed by atoms with Gasteiger partial charge in [0.15, 0.2) is 0 Å². The van der Waals surface area contributed by atoms with Crippen molar-refractivity contribution in [2.45, 2.75) is 32.6 Å². The Morgan fingerprint density at radius 2 is 1.94 bits per heavy atom. The molecule has 0 amide bonds. The van der Waals surface area contributed by atoms with Crippen LogP contribution in [0.2, 0.25) is 0 Å². The highest BCUT2D eigenvalue weighted by Crippen LogP contribution is 2.41. The number of likely N-dealkylation sites (tertiary alicyclic amines) is 1. The van der Waals surface area contributed by atoms with E-state index in [1.165, 1.54) is 49.3 Å². The van der Waals surface area contributed by atoms with Crippen LogP contribution in [-0.2, 0) is 6.42 Å². The van der Waals surface area contributed by atoms with E-state index in [0.29, 0.717) is 5.41 Å². The molecule has 2 nitrogen and oxygen atoms in total. The zero-order valence-electron chi connectivity index (χ0n) is 11.4. The van der Waals surface area contributed by atoms with E-state index in [1.54, 1.807) is 0 Å². The summed E-state index contributed by atoms with van der Waals surface area (Å²) in [6.07, 6.45) is 4.85. The van der Waals surface area contributed by atoms with Gasteiger partial charge in [0.25, 0.3) is 0 Å². The molecule has 1 fully saturated rings. The first kappa shape index (κ1) is 11.9. The zero-order valence-corrected chi connectivity index (χ0v) is 11.4. The summed E-state index contributed by atoms with van der Waals surface area (Å²) in [4.78, 5) is 7.38. The van der Waals surface area contributed by atoms with E-state index in [9.17, 15) is 0 Å². The Hall–Kier alpha value is -1.15. The lowest BCUT2D eigenvalue weighted by Gasteiger charge is -2.40. The van der Waals surface area contributed by atoms with Gasteiger partial charge in [-0.3, -0.25) is 4.99 Å². The smallest absolute Gasteiger partial charge is 0.0665 e. The first-order chi connectivity index (χ1) is 8.73. The van der Waals surface area contributed by atoms with Crippen molar-refractivity contribution in [3.63, 3.8) is 0 Å². The lowest BCUT2D eigenvalue weighted by Crippen LogP contribution is -2.42. The SMILES string of the molecule is CCC1(C2=Nc3ccccc3C2)CCN(C)CC1. The van der Waals surface area contributed by atoms with Gasteiger partial charge in [0.05, 0.1) is 5.69 Å². The van der Waals surface area contributed by atoms with Gasteiger partial charge in [-0.1, -0.05) is 25.1 Å². The Morgan fingerprint density at radius 3 is 2.61 bits per heavy atom. The monoisotopic (exact) mass is 242 g/mol. The van der Waals surface area contributed by atoms with Gasteiger partial charge in [-0.15, -0.1) is 0 Å². The highest BCUT2D eigenvalue weighted by Gasteiger charge is 2.38. The fraction of sp³-hybridized carbons (Fsp3) is 0.562. The molecule has 0 saturated carbocycles. The number of hydrogen-bond acceptors (Lipinski definition) is 2. The number of rotatable bonds is 2. The second-order valence-electron chi connectivity index (χ2n) is 5.80. The standard InChI is InChI=1S/C16H22N2/c1-3-16(8-10-18(2)11-9-16)15-12-13-6-4-5-7-14(13)17-15/h4-7H,3,8-12H2,1-2H3. The summed E-state index contributed by atoms with van der Waals surface area (Å²) in [5.41, 5.74) is 4.43. The molecule has 18 heavy (non-hydrogen) atoms. The Labute approximate surface area is 110 Å². The van der Waals surface area contributed by atoms with Crippen LogP contribution < -0.4 is 0 Å². The van der Waals surface area contributed by atoms with Crippen molar-refractivity contribution in [3.05, 3.63) is 29.8 Å². The summed E-state index contributed by atoms with van der Waals surface area (Å²) >= 11 is 0. The topological polar surface area (TPSA) is 15.6 Å². The number of hydrogen-bond donors (Lipinski definition) is 0. The number of benzene rings is 1. The maximum absolute atomic E-state index is 4.94. The molecule has 2 aliphatic rings. The highest BCUT2D eigenvalue weighted by molar-refractivity contribution is 5.98. The molecule has 1 aromatic carbocycles. The summed E-state index contributed by atoms with van der Waals surface area (Å²) in [6.45, 7) is 4.75. The number of piperidine rings is 1. The van der Waals surface area contributed by atoms with Crippen LogP contribution in [0.1, 0.15) is 31.7 Å². The Balaban J connectivity index is 1.87. The Kier molecular flexibility index (Phi) is 2.98. The van der Waals surface area contributed by atoms with Crippen LogP contribution in [0.15, 0.2) is 29.3 Å². The summed E-state index contributed by atoms with van der Waals surface area (Å²) in [5, 5.41) is 0. The maximum Gasteiger partial charge on any atom is 0.0665 e. The lowest BCUT2D eigenvalue weighted by atomic mass is 9.71. The minimum Gasteiger partial charge on any atom is -0.306 e. The Morgan fingerprint density at radius 1 is 1.22 bits per heavy atom. The van der Waals surface area contributed by atoms with Crippen LogP contribution in [0.25, 0.3) is 0 Å². The third-order valence-electron chi connectivity index (χ3n) is 4.84. The molecule has 1 aromatic rings. The van der Waals surface area contributed by atoms with E-state index >= 15 is 0 Å². The maximum atomic E-state index is 4.94. The van der Waals surface area contributed by atoms with Crippen LogP contribution in [0.4, 0.5) is 5.69 Å². The minimum atomic E-state index is 0.367. The molecule has 0 aliphatic carbocycles. The van der Waals surface area contributed by atoms with Crippen LogP contribution in [0, 0.1) is 5.41 Å². The van der Waals surface area contributed by atoms with Crippen molar-refractivity contribution < 1.29 is 0 Å². The molecule has 2 aliphatic heterocycles. The summed E-state index contributed by atoms with van der Waals surface area (Å²) in [7, 11) is 2.23. The second kappa shape index (κ2) is 4.51. The fourth-order valence-electron chi connectivity index (χ4n) is 3.33. The number of para-hydroxylation sites is 1. The second-order valence-corrected chi connectivity index (χ2v) is 5.80. The van der Waals surface area contributed by atoms with Crippen LogP contribution in [-0.4, -0.2) is 30.7 Å². The van der Waals surface area contributed by atoms with Crippen molar-refractivity contribution in [1.29, 1.82) is 0 Å². The molecule has 0 unspecified atom stereocenters. The van der Waals surface area contributed by atoms with Gasteiger partial charge in [-0.05, 0) is 51.0 Å². The van der Waals surface area contributed by atoms with Crippen LogP contribution >= 0.6 is 0 Å². The van der Waals surface area contributed by atoms with Crippen molar-refractivity contribution in [2.24, 2.45) is 10.4 Å². The molecular formula is C16H22N2. The first-order valence-electron chi connectivity index (χ1n) is 7.08. The van der Waals surface area contributed by atoms with E-state index in [-0.39, 0.29) is 0 Å².